The smallest absolute Gasteiger partial charge is 0.0702 e. The van der Waals surface area contributed by atoms with Crippen molar-refractivity contribution in [3.63, 3.8) is 0 Å². The maximum atomic E-state index is 4.43. The Morgan fingerprint density at radius 2 is 1.44 bits per heavy atom. The minimum absolute atomic E-state index is 1.02. The average molecular weight is 346 g/mol. The van der Waals surface area contributed by atoms with Crippen LogP contribution < -0.4 is 5.32 Å². The molecule has 1 heterocycles. The average Bonchev–Trinajstić information content (AvgIpc) is 2.74. The minimum atomic E-state index is 1.02. The van der Waals surface area contributed by atoms with E-state index < -0.39 is 0 Å². The topological polar surface area (TPSA) is 24.9 Å². The number of hydrogen-bond donors (Lipinski definition) is 1. The van der Waals surface area contributed by atoms with Crippen LogP contribution in [0.2, 0.25) is 0 Å². The molecule has 128 valence electrons. The number of rotatable bonds is 3. The summed E-state index contributed by atoms with van der Waals surface area (Å²) in [7, 11) is 0. The van der Waals surface area contributed by atoms with Crippen molar-refractivity contribution in [2.45, 2.75) is 0 Å². The fourth-order valence-corrected chi connectivity index (χ4v) is 3.58. The number of nitrogens with zero attached hydrogens (tertiary/aromatic N) is 1. The van der Waals surface area contributed by atoms with Crippen molar-refractivity contribution in [3.05, 3.63) is 103 Å². The van der Waals surface area contributed by atoms with Gasteiger partial charge in [-0.05, 0) is 52.9 Å². The van der Waals surface area contributed by atoms with Gasteiger partial charge in [-0.1, -0.05) is 60.7 Å². The Labute approximate surface area is 158 Å². The van der Waals surface area contributed by atoms with Crippen molar-refractivity contribution in [3.8, 4) is 11.1 Å². The molecule has 0 atom stereocenters. The van der Waals surface area contributed by atoms with Gasteiger partial charge >= 0.3 is 0 Å². The minimum Gasteiger partial charge on any atom is -0.355 e. The molecule has 0 radical (unpaired) electrons. The van der Waals surface area contributed by atoms with Gasteiger partial charge in [0.1, 0.15) is 0 Å². The van der Waals surface area contributed by atoms with E-state index in [1.165, 1.54) is 21.9 Å². The second-order valence-corrected chi connectivity index (χ2v) is 6.61. The molecule has 0 spiro atoms. The number of para-hydroxylation sites is 1. The number of fused-ring (bicyclic) bond motifs is 2. The van der Waals surface area contributed by atoms with E-state index in [2.05, 4.69) is 83.1 Å². The maximum Gasteiger partial charge on any atom is 0.0702 e. The Morgan fingerprint density at radius 1 is 0.630 bits per heavy atom. The molecule has 0 aliphatic rings. The molecular weight excluding hydrogens is 328 g/mol. The first-order valence-electron chi connectivity index (χ1n) is 9.07. The molecule has 0 saturated carbocycles. The summed E-state index contributed by atoms with van der Waals surface area (Å²) in [5, 5.41) is 7.15. The van der Waals surface area contributed by atoms with E-state index in [1.54, 1.807) is 0 Å². The molecule has 2 nitrogen and oxygen atoms in total. The molecule has 0 amide bonds. The second kappa shape index (κ2) is 6.58. The van der Waals surface area contributed by atoms with Crippen LogP contribution in [-0.4, -0.2) is 4.98 Å². The van der Waals surface area contributed by atoms with Crippen molar-refractivity contribution in [2.75, 3.05) is 5.32 Å². The molecule has 27 heavy (non-hydrogen) atoms. The first-order valence-corrected chi connectivity index (χ1v) is 9.07. The summed E-state index contributed by atoms with van der Waals surface area (Å²) < 4.78 is 0. The lowest BCUT2D eigenvalue weighted by atomic mass is 9.96. The normalized spacial score (nSPS) is 11.0. The Hall–Kier alpha value is -3.65. The lowest BCUT2D eigenvalue weighted by Crippen LogP contribution is -1.92. The van der Waals surface area contributed by atoms with Gasteiger partial charge in [-0.15, -0.1) is 0 Å². The Morgan fingerprint density at radius 3 is 2.33 bits per heavy atom. The molecule has 0 unspecified atom stereocenters. The fourth-order valence-electron chi connectivity index (χ4n) is 3.58. The monoisotopic (exact) mass is 346 g/mol. The summed E-state index contributed by atoms with van der Waals surface area (Å²) >= 11 is 0. The van der Waals surface area contributed by atoms with Crippen LogP contribution in [0, 0.1) is 0 Å². The van der Waals surface area contributed by atoms with Gasteiger partial charge < -0.3 is 5.32 Å². The lowest BCUT2D eigenvalue weighted by Gasteiger charge is -2.14. The Bertz CT molecular complexity index is 1240. The zero-order valence-corrected chi connectivity index (χ0v) is 14.8. The number of hydrogen-bond acceptors (Lipinski definition) is 2. The molecule has 4 aromatic carbocycles. The van der Waals surface area contributed by atoms with Crippen LogP contribution in [0.25, 0.3) is 32.8 Å². The lowest BCUT2D eigenvalue weighted by molar-refractivity contribution is 1.41. The van der Waals surface area contributed by atoms with Crippen molar-refractivity contribution in [1.29, 1.82) is 0 Å². The molecule has 0 fully saturated rings. The highest BCUT2D eigenvalue weighted by molar-refractivity contribution is 6.05. The molecule has 2 heteroatoms. The Kier molecular flexibility index (Phi) is 3.80. The zero-order valence-electron chi connectivity index (χ0n) is 14.8. The van der Waals surface area contributed by atoms with E-state index >= 15 is 0 Å². The molecule has 1 aromatic heterocycles. The van der Waals surface area contributed by atoms with Crippen LogP contribution in [0.15, 0.2) is 103 Å². The van der Waals surface area contributed by atoms with E-state index in [9.17, 15) is 0 Å². The largest absolute Gasteiger partial charge is 0.355 e. The van der Waals surface area contributed by atoms with Crippen LogP contribution in [0.1, 0.15) is 0 Å². The third kappa shape index (κ3) is 2.91. The van der Waals surface area contributed by atoms with Crippen LogP contribution in [-0.2, 0) is 0 Å². The molecule has 5 aromatic rings. The van der Waals surface area contributed by atoms with E-state index in [4.69, 9.17) is 0 Å². The molecule has 0 bridgehead atoms. The van der Waals surface area contributed by atoms with Gasteiger partial charge in [0.15, 0.2) is 0 Å². The van der Waals surface area contributed by atoms with Crippen LogP contribution in [0.4, 0.5) is 11.4 Å². The van der Waals surface area contributed by atoms with Gasteiger partial charge in [0.2, 0.25) is 0 Å². The highest BCUT2D eigenvalue weighted by Gasteiger charge is 2.08. The summed E-state index contributed by atoms with van der Waals surface area (Å²) in [6.07, 6.45) is 1.83. The number of anilines is 2. The predicted molar refractivity (Wildman–Crippen MR) is 114 cm³/mol. The number of benzene rings is 4. The molecule has 5 rings (SSSR count). The van der Waals surface area contributed by atoms with Gasteiger partial charge in [0.25, 0.3) is 0 Å². The maximum absolute atomic E-state index is 4.43. The third-order valence-electron chi connectivity index (χ3n) is 4.89. The first-order chi connectivity index (χ1) is 13.4. The van der Waals surface area contributed by atoms with Crippen molar-refractivity contribution >= 4 is 33.1 Å². The van der Waals surface area contributed by atoms with E-state index in [1.807, 2.05) is 30.5 Å². The van der Waals surface area contributed by atoms with Crippen LogP contribution >= 0.6 is 0 Å². The second-order valence-electron chi connectivity index (χ2n) is 6.61. The van der Waals surface area contributed by atoms with Gasteiger partial charge in [-0.3, -0.25) is 4.98 Å². The van der Waals surface area contributed by atoms with Crippen molar-refractivity contribution in [2.24, 2.45) is 0 Å². The molecular formula is C25H18N2. The van der Waals surface area contributed by atoms with Gasteiger partial charge in [0, 0.05) is 28.3 Å². The standard InChI is InChI=1S/C25H18N2/c1-2-8-20(9-3-1)27-25-15-13-21(22-10-4-5-11-23(22)25)18-12-14-24-19(17-18)7-6-16-26-24/h1-17,27H. The highest BCUT2D eigenvalue weighted by Crippen LogP contribution is 2.35. The third-order valence-corrected chi connectivity index (χ3v) is 4.89. The zero-order chi connectivity index (χ0) is 18.1. The van der Waals surface area contributed by atoms with Gasteiger partial charge in [-0.25, -0.2) is 0 Å². The quantitative estimate of drug-likeness (QED) is 0.388. The van der Waals surface area contributed by atoms with Gasteiger partial charge in [-0.2, -0.15) is 0 Å². The highest BCUT2D eigenvalue weighted by atomic mass is 14.9. The Balaban J connectivity index is 1.66. The molecule has 0 saturated heterocycles. The molecule has 1 N–H and O–H groups in total. The molecule has 0 aliphatic carbocycles. The first kappa shape index (κ1) is 15.6. The summed E-state index contributed by atoms with van der Waals surface area (Å²) in [5.41, 5.74) is 5.66. The predicted octanol–water partition coefficient (Wildman–Crippen LogP) is 6.80. The summed E-state index contributed by atoms with van der Waals surface area (Å²) in [4.78, 5) is 4.43. The van der Waals surface area contributed by atoms with E-state index in [0.29, 0.717) is 0 Å². The van der Waals surface area contributed by atoms with Gasteiger partial charge in [0.05, 0.1) is 5.52 Å². The van der Waals surface area contributed by atoms with Crippen molar-refractivity contribution in [1.82, 2.24) is 4.98 Å². The van der Waals surface area contributed by atoms with E-state index in [-0.39, 0.29) is 0 Å². The number of nitrogens with one attached hydrogen (secondary N) is 1. The van der Waals surface area contributed by atoms with E-state index in [0.717, 1.165) is 22.3 Å². The van der Waals surface area contributed by atoms with Crippen LogP contribution in [0.5, 0.6) is 0 Å². The SMILES string of the molecule is c1ccc(Nc2ccc(-c3ccc4ncccc4c3)c3ccccc23)cc1. The summed E-state index contributed by atoms with van der Waals surface area (Å²) in [5.74, 6) is 0. The summed E-state index contributed by atoms with van der Waals surface area (Å²) in [6.45, 7) is 0. The summed E-state index contributed by atoms with van der Waals surface area (Å²) in [6, 6.07) is 33.8. The van der Waals surface area contributed by atoms with Crippen molar-refractivity contribution < 1.29 is 0 Å². The molecule has 0 aliphatic heterocycles. The number of aromatic nitrogens is 1. The van der Waals surface area contributed by atoms with Crippen LogP contribution in [0.3, 0.4) is 0 Å². The fraction of sp³-hybridized carbons (Fsp3) is 0. The number of pyridine rings is 1.